The second-order valence-corrected chi connectivity index (χ2v) is 6.50. The van der Waals surface area contributed by atoms with Crippen molar-refractivity contribution < 1.29 is 19.1 Å². The van der Waals surface area contributed by atoms with Gasteiger partial charge in [-0.2, -0.15) is 5.10 Å². The minimum absolute atomic E-state index is 0.0371. The van der Waals surface area contributed by atoms with E-state index in [0.717, 1.165) is 0 Å². The van der Waals surface area contributed by atoms with Crippen LogP contribution in [-0.2, 0) is 4.79 Å². The van der Waals surface area contributed by atoms with Crippen molar-refractivity contribution in [1.29, 1.82) is 0 Å². The molecular formula is C19H19Cl2N3O4. The van der Waals surface area contributed by atoms with Gasteiger partial charge in [0.15, 0.2) is 0 Å². The lowest BCUT2D eigenvalue weighted by Gasteiger charge is -2.09. The number of hydrogen-bond donors (Lipinski definition) is 2. The highest BCUT2D eigenvalue weighted by Crippen LogP contribution is 2.29. The molecule has 148 valence electrons. The Morgan fingerprint density at radius 2 is 1.71 bits per heavy atom. The molecule has 2 aromatic rings. The van der Waals surface area contributed by atoms with Crippen molar-refractivity contribution in [3.63, 3.8) is 0 Å². The fourth-order valence-electron chi connectivity index (χ4n) is 2.22. The predicted octanol–water partition coefficient (Wildman–Crippen LogP) is 4.15. The molecule has 0 atom stereocenters. The van der Waals surface area contributed by atoms with Crippen molar-refractivity contribution in [2.24, 2.45) is 5.10 Å². The van der Waals surface area contributed by atoms with Crippen molar-refractivity contribution in [1.82, 2.24) is 5.43 Å². The van der Waals surface area contributed by atoms with Crippen LogP contribution in [0.15, 0.2) is 41.5 Å². The van der Waals surface area contributed by atoms with Crippen LogP contribution in [0.3, 0.4) is 0 Å². The number of rotatable bonds is 7. The third-order valence-electron chi connectivity index (χ3n) is 3.60. The van der Waals surface area contributed by atoms with Gasteiger partial charge < -0.3 is 14.8 Å². The quantitative estimate of drug-likeness (QED) is 0.517. The first-order valence-electron chi connectivity index (χ1n) is 8.14. The molecule has 0 aliphatic rings. The van der Waals surface area contributed by atoms with E-state index >= 15 is 0 Å². The highest BCUT2D eigenvalue weighted by atomic mass is 35.5. The molecule has 2 N–H and O–H groups in total. The number of hydrogen-bond acceptors (Lipinski definition) is 5. The number of anilines is 1. The lowest BCUT2D eigenvalue weighted by molar-refractivity contribution is -0.115. The number of amides is 2. The lowest BCUT2D eigenvalue weighted by Crippen LogP contribution is -2.21. The van der Waals surface area contributed by atoms with E-state index < -0.39 is 5.91 Å². The maximum Gasteiger partial charge on any atom is 0.271 e. The molecule has 2 aromatic carbocycles. The van der Waals surface area contributed by atoms with Gasteiger partial charge in [0.25, 0.3) is 5.91 Å². The SMILES string of the molecule is COc1cc(OC)cc(C(=O)N/N=C(\C)CC(=O)Nc2cccc(Cl)c2Cl)c1. The Morgan fingerprint density at radius 3 is 2.32 bits per heavy atom. The van der Waals surface area contributed by atoms with Crippen LogP contribution in [-0.4, -0.2) is 31.7 Å². The van der Waals surface area contributed by atoms with Crippen molar-refractivity contribution in [3.05, 3.63) is 52.0 Å². The summed E-state index contributed by atoms with van der Waals surface area (Å²) in [5.41, 5.74) is 3.51. The van der Waals surface area contributed by atoms with Crippen LogP contribution in [0.2, 0.25) is 10.0 Å². The zero-order valence-corrected chi connectivity index (χ0v) is 17.0. The molecule has 2 amide bonds. The van der Waals surface area contributed by atoms with Crippen LogP contribution in [0, 0.1) is 0 Å². The molecule has 0 unspecified atom stereocenters. The lowest BCUT2D eigenvalue weighted by atomic mass is 10.2. The molecule has 0 aliphatic heterocycles. The average Bonchev–Trinajstić information content (AvgIpc) is 2.69. The maximum atomic E-state index is 12.3. The number of hydrazone groups is 1. The molecule has 0 aromatic heterocycles. The van der Waals surface area contributed by atoms with E-state index in [2.05, 4.69) is 15.8 Å². The standard InChI is InChI=1S/C19H19Cl2N3O4/c1-11(7-17(25)22-16-6-4-5-15(20)18(16)21)23-24-19(26)12-8-13(27-2)10-14(9-12)28-3/h4-6,8-10H,7H2,1-3H3,(H,22,25)(H,24,26)/b23-11+. The number of nitrogens with zero attached hydrogens (tertiary/aromatic N) is 1. The van der Waals surface area contributed by atoms with Gasteiger partial charge >= 0.3 is 0 Å². The molecule has 7 nitrogen and oxygen atoms in total. The van der Waals surface area contributed by atoms with E-state index in [4.69, 9.17) is 32.7 Å². The molecular weight excluding hydrogens is 405 g/mol. The Balaban J connectivity index is 1.99. The summed E-state index contributed by atoms with van der Waals surface area (Å²) in [6.07, 6.45) is -0.0371. The average molecular weight is 424 g/mol. The molecule has 0 spiro atoms. The molecule has 2 rings (SSSR count). The van der Waals surface area contributed by atoms with E-state index in [-0.39, 0.29) is 17.4 Å². The number of carbonyl (C=O) groups is 2. The fraction of sp³-hybridized carbons (Fsp3) is 0.211. The number of methoxy groups -OCH3 is 2. The minimum atomic E-state index is -0.463. The molecule has 28 heavy (non-hydrogen) atoms. The molecule has 0 heterocycles. The largest absolute Gasteiger partial charge is 0.497 e. The Kier molecular flexibility index (Phi) is 7.66. The second kappa shape index (κ2) is 9.96. The summed E-state index contributed by atoms with van der Waals surface area (Å²) in [5, 5.41) is 7.19. The summed E-state index contributed by atoms with van der Waals surface area (Å²) in [6.45, 7) is 1.62. The molecule has 0 radical (unpaired) electrons. The van der Waals surface area contributed by atoms with Gasteiger partial charge in [0.2, 0.25) is 5.91 Å². The number of benzene rings is 2. The van der Waals surface area contributed by atoms with Crippen molar-refractivity contribution in [2.45, 2.75) is 13.3 Å². The van der Waals surface area contributed by atoms with E-state index in [9.17, 15) is 9.59 Å². The van der Waals surface area contributed by atoms with Gasteiger partial charge in [-0.25, -0.2) is 5.43 Å². The van der Waals surface area contributed by atoms with Gasteiger partial charge in [-0.3, -0.25) is 9.59 Å². The summed E-state index contributed by atoms with van der Waals surface area (Å²) >= 11 is 12.0. The summed E-state index contributed by atoms with van der Waals surface area (Å²) < 4.78 is 10.3. The number of nitrogens with one attached hydrogen (secondary N) is 2. The summed E-state index contributed by atoms with van der Waals surface area (Å²) in [7, 11) is 2.98. The third-order valence-corrected chi connectivity index (χ3v) is 4.42. The summed E-state index contributed by atoms with van der Waals surface area (Å²) in [6, 6.07) is 9.68. The Morgan fingerprint density at radius 1 is 1.07 bits per heavy atom. The molecule has 0 aliphatic carbocycles. The van der Waals surface area contributed by atoms with E-state index in [0.29, 0.717) is 33.5 Å². The first-order valence-corrected chi connectivity index (χ1v) is 8.90. The van der Waals surface area contributed by atoms with Crippen molar-refractivity contribution >= 4 is 46.4 Å². The number of ether oxygens (including phenoxy) is 2. The second-order valence-electron chi connectivity index (χ2n) is 5.72. The van der Waals surface area contributed by atoms with Crippen LogP contribution in [0.1, 0.15) is 23.7 Å². The summed E-state index contributed by atoms with van der Waals surface area (Å²) in [5.74, 6) is 0.142. The predicted molar refractivity (Wildman–Crippen MR) is 110 cm³/mol. The van der Waals surface area contributed by atoms with Crippen LogP contribution < -0.4 is 20.2 Å². The van der Waals surface area contributed by atoms with Gasteiger partial charge in [-0.15, -0.1) is 0 Å². The van der Waals surface area contributed by atoms with Gasteiger partial charge in [0, 0.05) is 17.3 Å². The molecule has 0 saturated heterocycles. The van der Waals surface area contributed by atoms with Crippen LogP contribution in [0.4, 0.5) is 5.69 Å². The zero-order chi connectivity index (χ0) is 20.7. The Labute approximate surface area is 172 Å². The summed E-state index contributed by atoms with van der Waals surface area (Å²) in [4.78, 5) is 24.4. The van der Waals surface area contributed by atoms with Crippen LogP contribution in [0.5, 0.6) is 11.5 Å². The fourth-order valence-corrected chi connectivity index (χ4v) is 2.56. The molecule has 0 bridgehead atoms. The number of halogens is 2. The van der Waals surface area contributed by atoms with Crippen molar-refractivity contribution in [2.75, 3.05) is 19.5 Å². The molecule has 9 heteroatoms. The topological polar surface area (TPSA) is 89.0 Å². The Bertz CT molecular complexity index is 894. The van der Waals surface area contributed by atoms with Crippen LogP contribution >= 0.6 is 23.2 Å². The van der Waals surface area contributed by atoms with Gasteiger partial charge in [-0.1, -0.05) is 29.3 Å². The van der Waals surface area contributed by atoms with Gasteiger partial charge in [0.05, 0.1) is 36.4 Å². The minimum Gasteiger partial charge on any atom is -0.497 e. The molecule has 0 fully saturated rings. The van der Waals surface area contributed by atoms with E-state index in [1.165, 1.54) is 14.2 Å². The third kappa shape index (κ3) is 5.87. The van der Waals surface area contributed by atoms with Gasteiger partial charge in [-0.05, 0) is 31.2 Å². The Hall–Kier alpha value is -2.77. The van der Waals surface area contributed by atoms with E-state index in [1.54, 1.807) is 43.3 Å². The van der Waals surface area contributed by atoms with E-state index in [1.807, 2.05) is 0 Å². The van der Waals surface area contributed by atoms with Gasteiger partial charge in [0.1, 0.15) is 11.5 Å². The first kappa shape index (κ1) is 21.5. The molecule has 0 saturated carbocycles. The highest BCUT2D eigenvalue weighted by molar-refractivity contribution is 6.44. The first-order chi connectivity index (χ1) is 13.3. The smallest absolute Gasteiger partial charge is 0.271 e. The highest BCUT2D eigenvalue weighted by Gasteiger charge is 2.11. The van der Waals surface area contributed by atoms with Crippen LogP contribution in [0.25, 0.3) is 0 Å². The zero-order valence-electron chi connectivity index (χ0n) is 15.5. The normalized spacial score (nSPS) is 11.0. The van der Waals surface area contributed by atoms with Crippen molar-refractivity contribution in [3.8, 4) is 11.5 Å². The maximum absolute atomic E-state index is 12.3. The number of carbonyl (C=O) groups excluding carboxylic acids is 2. The monoisotopic (exact) mass is 423 g/mol.